The Balaban J connectivity index is 0.000000440. The fraction of sp³-hybridized carbons (Fsp3) is 0.643. The van der Waals surface area contributed by atoms with Gasteiger partial charge in [-0.1, -0.05) is 230 Å². The SMILES string of the molecule is CCCCCCCCCc1cccc2c(S(=O)(=O)[O-])ccc(CCCCCCCCC)c12.CCCCCCCCCc1cccc2c(S(=O)(=O)[O-])ccc(CCCCCCCCC)c12.[Pb+2]. The van der Waals surface area contributed by atoms with Crippen LogP contribution < -0.4 is 0 Å². The van der Waals surface area contributed by atoms with Gasteiger partial charge in [-0.15, -0.1) is 0 Å². The molecule has 0 amide bonds. The van der Waals surface area contributed by atoms with Crippen LogP contribution in [-0.2, 0) is 45.9 Å². The normalized spacial score (nSPS) is 11.8. The van der Waals surface area contributed by atoms with Crippen LogP contribution in [0.4, 0.5) is 0 Å². The number of aryl methyl sites for hydroxylation is 4. The van der Waals surface area contributed by atoms with Crippen LogP contribution in [0.1, 0.15) is 230 Å². The quantitative estimate of drug-likeness (QED) is 0.0261. The van der Waals surface area contributed by atoms with Crippen molar-refractivity contribution in [3.63, 3.8) is 0 Å². The van der Waals surface area contributed by atoms with E-state index in [0.717, 1.165) is 62.1 Å². The van der Waals surface area contributed by atoms with E-state index in [1.54, 1.807) is 0 Å². The van der Waals surface area contributed by atoms with Crippen LogP contribution in [0.25, 0.3) is 21.5 Å². The van der Waals surface area contributed by atoms with Crippen molar-refractivity contribution in [2.75, 3.05) is 0 Å². The number of rotatable bonds is 34. The average Bonchev–Trinajstić information content (AvgIpc) is 3.27. The largest absolute Gasteiger partial charge is 2.00 e. The zero-order valence-corrected chi connectivity index (χ0v) is 46.7. The molecule has 0 aromatic heterocycles. The van der Waals surface area contributed by atoms with Crippen molar-refractivity contribution < 1.29 is 25.9 Å². The second-order valence-corrected chi connectivity index (χ2v) is 21.2. The molecule has 9 heteroatoms. The molecule has 6 nitrogen and oxygen atoms in total. The first-order chi connectivity index (χ1) is 31.0. The standard InChI is InChI=1S/2C28H44O3S.Pb/c2*1-3-5-7-9-11-13-15-18-24-20-17-21-26-27(32(29,30)31)23-22-25(28(24)26)19-16-14-12-10-8-6-4-2;/h2*17,20-23H,3-16,18-19H2,1-2H3,(H,29,30,31);/q;;+2/p-2. The van der Waals surface area contributed by atoms with Crippen molar-refractivity contribution in [1.29, 1.82) is 0 Å². The molecule has 4 aromatic carbocycles. The molecule has 0 saturated carbocycles. The van der Waals surface area contributed by atoms with Gasteiger partial charge in [-0.25, -0.2) is 16.8 Å². The van der Waals surface area contributed by atoms with Crippen LogP contribution in [0.3, 0.4) is 0 Å². The summed E-state index contributed by atoms with van der Waals surface area (Å²) >= 11 is 0. The van der Waals surface area contributed by atoms with Crippen molar-refractivity contribution in [3.05, 3.63) is 82.9 Å². The maximum absolute atomic E-state index is 11.9. The summed E-state index contributed by atoms with van der Waals surface area (Å²) in [5.41, 5.74) is 4.78. The van der Waals surface area contributed by atoms with E-state index in [1.165, 1.54) is 188 Å². The molecule has 0 spiro atoms. The van der Waals surface area contributed by atoms with E-state index in [4.69, 9.17) is 0 Å². The number of hydrogen-bond donors (Lipinski definition) is 0. The fourth-order valence-electron chi connectivity index (χ4n) is 9.43. The summed E-state index contributed by atoms with van der Waals surface area (Å²) in [7, 11) is -8.98. The minimum absolute atomic E-state index is 0. The average molecular weight is 1130 g/mol. The molecule has 0 aliphatic carbocycles. The van der Waals surface area contributed by atoms with Crippen LogP contribution in [-0.4, -0.2) is 53.2 Å². The first-order valence-corrected chi connectivity index (χ1v) is 28.8. The zero-order valence-electron chi connectivity index (χ0n) is 41.2. The minimum atomic E-state index is -4.49. The van der Waals surface area contributed by atoms with Gasteiger partial charge in [0.25, 0.3) is 0 Å². The summed E-state index contributed by atoms with van der Waals surface area (Å²) < 4.78 is 71.3. The van der Waals surface area contributed by atoms with Crippen LogP contribution in [0.2, 0.25) is 0 Å². The van der Waals surface area contributed by atoms with Gasteiger partial charge in [-0.3, -0.25) is 0 Å². The Morgan fingerprint density at radius 2 is 0.554 bits per heavy atom. The summed E-state index contributed by atoms with van der Waals surface area (Å²) in [6, 6.07) is 18.5. The van der Waals surface area contributed by atoms with Gasteiger partial charge in [-0.05, 0) is 107 Å². The molecule has 0 heterocycles. The maximum atomic E-state index is 11.9. The molecule has 4 rings (SSSR count). The van der Waals surface area contributed by atoms with E-state index in [0.29, 0.717) is 10.8 Å². The Labute approximate surface area is 418 Å². The number of fused-ring (bicyclic) bond motifs is 2. The van der Waals surface area contributed by atoms with Crippen LogP contribution in [0.5, 0.6) is 0 Å². The third-order valence-electron chi connectivity index (χ3n) is 13.1. The molecule has 4 aromatic rings. The fourth-order valence-corrected chi connectivity index (χ4v) is 10.8. The molecular formula is C56H86O6PbS2. The molecule has 2 radical (unpaired) electrons. The monoisotopic (exact) mass is 1130 g/mol. The predicted molar refractivity (Wildman–Crippen MR) is 276 cm³/mol. The van der Waals surface area contributed by atoms with E-state index >= 15 is 0 Å². The molecule has 0 aliphatic rings. The van der Waals surface area contributed by atoms with E-state index in [-0.39, 0.29) is 37.1 Å². The van der Waals surface area contributed by atoms with Crippen molar-refractivity contribution in [1.82, 2.24) is 0 Å². The van der Waals surface area contributed by atoms with Gasteiger partial charge < -0.3 is 9.11 Å². The molecule has 0 unspecified atom stereocenters. The molecule has 0 aliphatic heterocycles. The molecular weight excluding hydrogens is 1040 g/mol. The Morgan fingerprint density at radius 1 is 0.323 bits per heavy atom. The van der Waals surface area contributed by atoms with Crippen molar-refractivity contribution in [2.45, 2.75) is 243 Å². The van der Waals surface area contributed by atoms with Gasteiger partial charge in [0.1, 0.15) is 20.2 Å². The maximum Gasteiger partial charge on any atom is 2.00 e. The Morgan fingerprint density at radius 3 is 0.800 bits per heavy atom. The van der Waals surface area contributed by atoms with Crippen molar-refractivity contribution in [3.8, 4) is 0 Å². The summed E-state index contributed by atoms with van der Waals surface area (Å²) in [4.78, 5) is -0.144. The Kier molecular flexibility index (Phi) is 31.4. The van der Waals surface area contributed by atoms with Gasteiger partial charge in [-0.2, -0.15) is 0 Å². The van der Waals surface area contributed by atoms with Gasteiger partial charge >= 0.3 is 27.3 Å². The van der Waals surface area contributed by atoms with E-state index in [1.807, 2.05) is 36.4 Å². The first-order valence-electron chi connectivity index (χ1n) is 26.0. The van der Waals surface area contributed by atoms with Gasteiger partial charge in [0, 0.05) is 0 Å². The van der Waals surface area contributed by atoms with Gasteiger partial charge in [0.05, 0.1) is 9.79 Å². The number of hydrogen-bond acceptors (Lipinski definition) is 6. The number of unbranched alkanes of at least 4 members (excludes halogenated alkanes) is 24. The van der Waals surface area contributed by atoms with Gasteiger partial charge in [0.15, 0.2) is 0 Å². The number of benzene rings is 4. The predicted octanol–water partition coefficient (Wildman–Crippen LogP) is 16.3. The molecule has 362 valence electrons. The minimum Gasteiger partial charge on any atom is -0.744 e. The Bertz CT molecular complexity index is 1910. The molecule has 65 heavy (non-hydrogen) atoms. The van der Waals surface area contributed by atoms with Crippen LogP contribution in [0, 0.1) is 0 Å². The second kappa shape index (κ2) is 34.4. The Hall–Kier alpha value is -1.86. The molecule has 0 N–H and O–H groups in total. The van der Waals surface area contributed by atoms with Crippen LogP contribution in [0.15, 0.2) is 70.5 Å². The van der Waals surface area contributed by atoms with Gasteiger partial charge in [0.2, 0.25) is 0 Å². The molecule has 0 fully saturated rings. The smallest absolute Gasteiger partial charge is 0.744 e. The second-order valence-electron chi connectivity index (χ2n) is 18.5. The van der Waals surface area contributed by atoms with E-state index in [9.17, 15) is 25.9 Å². The van der Waals surface area contributed by atoms with Crippen molar-refractivity contribution >= 4 is 69.1 Å². The van der Waals surface area contributed by atoms with Crippen LogP contribution >= 0.6 is 0 Å². The topological polar surface area (TPSA) is 114 Å². The molecule has 0 atom stereocenters. The summed E-state index contributed by atoms with van der Waals surface area (Å²) in [5, 5.41) is 3.25. The zero-order chi connectivity index (χ0) is 46.5. The summed E-state index contributed by atoms with van der Waals surface area (Å²) in [5.74, 6) is 0. The first kappa shape index (κ1) is 59.3. The summed E-state index contributed by atoms with van der Waals surface area (Å²) in [6.07, 6.45) is 38.8. The third-order valence-corrected chi connectivity index (χ3v) is 14.9. The molecule has 0 saturated heterocycles. The molecule has 0 bridgehead atoms. The van der Waals surface area contributed by atoms with E-state index in [2.05, 4.69) is 39.8 Å². The van der Waals surface area contributed by atoms with Crippen molar-refractivity contribution in [2.24, 2.45) is 0 Å². The van der Waals surface area contributed by atoms with E-state index < -0.39 is 20.2 Å². The third kappa shape index (κ3) is 22.4. The summed E-state index contributed by atoms with van der Waals surface area (Å²) in [6.45, 7) is 8.95.